The summed E-state index contributed by atoms with van der Waals surface area (Å²) in [4.78, 5) is 11.6. The summed E-state index contributed by atoms with van der Waals surface area (Å²) >= 11 is 1.93. The fourth-order valence-electron chi connectivity index (χ4n) is 1.28. The lowest BCUT2D eigenvalue weighted by molar-refractivity contribution is 0.0635. The summed E-state index contributed by atoms with van der Waals surface area (Å²) in [7, 11) is 1.17. The minimum Gasteiger partial charge on any atom is -0.444 e. The number of amides is 1. The van der Waals surface area contributed by atoms with Gasteiger partial charge in [-0.1, -0.05) is 5.92 Å². The normalized spacial score (nSPS) is 10.5. The van der Waals surface area contributed by atoms with Crippen LogP contribution in [0.3, 0.4) is 0 Å². The number of rotatable bonds is 1. The Morgan fingerprint density at radius 2 is 2.05 bits per heavy atom. The van der Waals surface area contributed by atoms with Gasteiger partial charge in [0.2, 0.25) is 0 Å². The van der Waals surface area contributed by atoms with Crippen molar-refractivity contribution < 1.29 is 18.3 Å². The lowest BCUT2D eigenvalue weighted by Crippen LogP contribution is -2.27. The molecule has 0 radical (unpaired) electrons. The van der Waals surface area contributed by atoms with Crippen LogP contribution in [-0.2, 0) is 4.74 Å². The van der Waals surface area contributed by atoms with E-state index >= 15 is 0 Å². The molecule has 0 atom stereocenters. The molecule has 1 aromatic carbocycles. The Bertz CT molecular complexity index is 576. The number of halogens is 3. The molecule has 0 bridgehead atoms. The van der Waals surface area contributed by atoms with Gasteiger partial charge in [0.15, 0.2) is 5.82 Å². The maximum absolute atomic E-state index is 13.7. The number of carbonyl (C=O) groups excluding carboxylic acids is 1. The van der Waals surface area contributed by atoms with Gasteiger partial charge in [-0.2, -0.15) is 0 Å². The molecule has 20 heavy (non-hydrogen) atoms. The van der Waals surface area contributed by atoms with E-state index in [-0.39, 0.29) is 11.3 Å². The van der Waals surface area contributed by atoms with Crippen molar-refractivity contribution in [2.24, 2.45) is 0 Å². The molecule has 1 aromatic rings. The molecule has 0 aliphatic carbocycles. The molecule has 7 heteroatoms. The van der Waals surface area contributed by atoms with E-state index in [4.69, 9.17) is 4.74 Å². The van der Waals surface area contributed by atoms with Gasteiger partial charge in [0.25, 0.3) is 0 Å². The van der Waals surface area contributed by atoms with E-state index in [1.807, 2.05) is 21.2 Å². The number of nitrogens with one attached hydrogen (secondary N) is 1. The number of carbonyl (C=O) groups is 1. The van der Waals surface area contributed by atoms with Gasteiger partial charge < -0.3 is 4.74 Å². The zero-order chi connectivity index (χ0) is 15.3. The van der Waals surface area contributed by atoms with Gasteiger partial charge in [-0.15, -0.1) is 0 Å². The second kappa shape index (κ2) is 7.13. The van der Waals surface area contributed by atoms with Crippen LogP contribution >= 0.6 is 30.1 Å². The molecule has 0 saturated heterocycles. The predicted molar refractivity (Wildman–Crippen MR) is 84.7 cm³/mol. The Kier molecular flexibility index (Phi) is 6.07. The zero-order valence-corrected chi connectivity index (χ0v) is 14.0. The first-order valence-corrected chi connectivity index (χ1v) is 8.86. The van der Waals surface area contributed by atoms with Crippen LogP contribution in [0.25, 0.3) is 0 Å². The standard InChI is InChI=1S/C13H12F2INO2S/c1-13(2,3)19-12(18)17-11-8(4-5-20-16)6-9(14)7-10(11)15/h6-7H,1-3H3,(H,17,18). The van der Waals surface area contributed by atoms with Gasteiger partial charge in [0, 0.05) is 27.3 Å². The Labute approximate surface area is 132 Å². The lowest BCUT2D eigenvalue weighted by Gasteiger charge is -2.20. The van der Waals surface area contributed by atoms with Gasteiger partial charge in [-0.25, -0.2) is 13.6 Å². The highest BCUT2D eigenvalue weighted by atomic mass is 127. The molecule has 1 amide bonds. The Morgan fingerprint density at radius 3 is 2.60 bits per heavy atom. The first-order chi connectivity index (χ1) is 9.23. The molecule has 0 saturated carbocycles. The molecule has 0 aliphatic heterocycles. The smallest absolute Gasteiger partial charge is 0.412 e. The SMILES string of the molecule is CC(C)(C)OC(=O)Nc1c(F)cc(F)cc1C#CSI. The highest BCUT2D eigenvalue weighted by molar-refractivity contribution is 14.2. The number of hydrogen-bond donors (Lipinski definition) is 1. The maximum Gasteiger partial charge on any atom is 0.412 e. The monoisotopic (exact) mass is 411 g/mol. The average molecular weight is 411 g/mol. The minimum absolute atomic E-state index is 0.0533. The third-order valence-electron chi connectivity index (χ3n) is 1.91. The summed E-state index contributed by atoms with van der Waals surface area (Å²) in [6, 6.07) is 1.73. The molecule has 1 N–H and O–H groups in total. The van der Waals surface area contributed by atoms with Gasteiger partial charge in [-0.05, 0) is 41.0 Å². The summed E-state index contributed by atoms with van der Waals surface area (Å²) in [6.45, 7) is 5.04. The number of ether oxygens (including phenoxy) is 1. The lowest BCUT2D eigenvalue weighted by atomic mass is 10.1. The van der Waals surface area contributed by atoms with Crippen LogP contribution in [0.15, 0.2) is 12.1 Å². The van der Waals surface area contributed by atoms with E-state index in [0.717, 1.165) is 6.07 Å². The molecule has 0 spiro atoms. The first kappa shape index (κ1) is 17.0. The molecule has 3 nitrogen and oxygen atoms in total. The largest absolute Gasteiger partial charge is 0.444 e. The van der Waals surface area contributed by atoms with Crippen molar-refractivity contribution in [1.29, 1.82) is 0 Å². The van der Waals surface area contributed by atoms with Crippen LogP contribution in [0.1, 0.15) is 26.3 Å². The summed E-state index contributed by atoms with van der Waals surface area (Å²) in [5.74, 6) is 0.900. The summed E-state index contributed by atoms with van der Waals surface area (Å²) in [6.07, 6.45) is -0.826. The summed E-state index contributed by atoms with van der Waals surface area (Å²) < 4.78 is 31.9. The third-order valence-corrected chi connectivity index (χ3v) is 2.75. The van der Waals surface area contributed by atoms with Crippen molar-refractivity contribution >= 4 is 41.9 Å². The van der Waals surface area contributed by atoms with Gasteiger partial charge in [0.05, 0.1) is 11.3 Å². The Balaban J connectivity index is 3.07. The van der Waals surface area contributed by atoms with Crippen LogP contribution in [0, 0.1) is 22.8 Å². The van der Waals surface area contributed by atoms with E-state index in [2.05, 4.69) is 16.5 Å². The highest BCUT2D eigenvalue weighted by Crippen LogP contribution is 2.22. The van der Waals surface area contributed by atoms with Crippen LogP contribution in [-0.4, -0.2) is 11.7 Å². The molecular formula is C13H12F2INO2S. The second-order valence-corrected chi connectivity index (χ2v) is 6.42. The van der Waals surface area contributed by atoms with Gasteiger partial charge in [0.1, 0.15) is 11.4 Å². The van der Waals surface area contributed by atoms with Crippen molar-refractivity contribution in [1.82, 2.24) is 0 Å². The first-order valence-electron chi connectivity index (χ1n) is 5.50. The summed E-state index contributed by atoms with van der Waals surface area (Å²) in [5, 5.41) is 4.86. The zero-order valence-electron chi connectivity index (χ0n) is 11.0. The maximum atomic E-state index is 13.7. The van der Waals surface area contributed by atoms with E-state index in [0.29, 0.717) is 6.07 Å². The van der Waals surface area contributed by atoms with E-state index in [9.17, 15) is 13.6 Å². The second-order valence-electron chi connectivity index (χ2n) is 4.74. The van der Waals surface area contributed by atoms with Gasteiger partial charge in [-0.3, -0.25) is 5.32 Å². The molecule has 108 valence electrons. The topological polar surface area (TPSA) is 38.3 Å². The molecule has 0 unspecified atom stereocenters. The average Bonchev–Trinajstić information content (AvgIpc) is 2.28. The molecule has 1 rings (SSSR count). The van der Waals surface area contributed by atoms with Crippen molar-refractivity contribution in [3.8, 4) is 11.2 Å². The van der Waals surface area contributed by atoms with Crippen LogP contribution in [0.4, 0.5) is 19.3 Å². The van der Waals surface area contributed by atoms with Crippen LogP contribution in [0.5, 0.6) is 0 Å². The number of benzene rings is 1. The van der Waals surface area contributed by atoms with Crippen LogP contribution < -0.4 is 5.32 Å². The quantitative estimate of drug-likeness (QED) is 0.538. The molecule has 0 heterocycles. The fourth-order valence-corrected chi connectivity index (χ4v) is 1.76. The van der Waals surface area contributed by atoms with E-state index < -0.39 is 23.3 Å². The van der Waals surface area contributed by atoms with Crippen LogP contribution in [0.2, 0.25) is 0 Å². The molecule has 0 aliphatic rings. The van der Waals surface area contributed by atoms with Gasteiger partial charge >= 0.3 is 6.09 Å². The number of anilines is 1. The molecule has 0 aromatic heterocycles. The summed E-state index contributed by atoms with van der Waals surface area (Å²) in [5.41, 5.74) is -0.860. The van der Waals surface area contributed by atoms with E-state index in [1.165, 1.54) is 8.93 Å². The molecule has 0 fully saturated rings. The third kappa shape index (κ3) is 5.54. The van der Waals surface area contributed by atoms with Crippen molar-refractivity contribution in [3.63, 3.8) is 0 Å². The Hall–Kier alpha value is -1.01. The Morgan fingerprint density at radius 1 is 1.40 bits per heavy atom. The van der Waals surface area contributed by atoms with E-state index in [1.54, 1.807) is 20.8 Å². The molecular weight excluding hydrogens is 399 g/mol. The van der Waals surface area contributed by atoms with Crippen molar-refractivity contribution in [2.45, 2.75) is 26.4 Å². The van der Waals surface area contributed by atoms with Crippen molar-refractivity contribution in [2.75, 3.05) is 5.32 Å². The number of hydrogen-bond acceptors (Lipinski definition) is 3. The fraction of sp³-hybridized carbons (Fsp3) is 0.308. The predicted octanol–water partition coefficient (Wildman–Crippen LogP) is 4.70. The minimum atomic E-state index is -0.904. The van der Waals surface area contributed by atoms with Crippen molar-refractivity contribution in [3.05, 3.63) is 29.3 Å². The highest BCUT2D eigenvalue weighted by Gasteiger charge is 2.19.